The van der Waals surface area contributed by atoms with Crippen LogP contribution in [0.3, 0.4) is 0 Å². The van der Waals surface area contributed by atoms with Crippen LogP contribution in [0.2, 0.25) is 0 Å². The molecule has 1 fully saturated rings. The quantitative estimate of drug-likeness (QED) is 0.391. The number of hydrogen-bond donors (Lipinski definition) is 1. The summed E-state index contributed by atoms with van der Waals surface area (Å²) >= 11 is 0. The van der Waals surface area contributed by atoms with Crippen LogP contribution in [0.1, 0.15) is 37.7 Å². The van der Waals surface area contributed by atoms with Gasteiger partial charge in [0.05, 0.1) is 15.7 Å². The third-order valence-electron chi connectivity index (χ3n) is 5.85. The predicted molar refractivity (Wildman–Crippen MR) is 122 cm³/mol. The van der Waals surface area contributed by atoms with Crippen molar-refractivity contribution in [1.29, 1.82) is 0 Å². The van der Waals surface area contributed by atoms with Gasteiger partial charge in [0.15, 0.2) is 9.84 Å². The first-order chi connectivity index (χ1) is 15.3. The second-order valence-electron chi connectivity index (χ2n) is 7.99. The molecule has 7 heteroatoms. The highest BCUT2D eigenvalue weighted by molar-refractivity contribution is 8.17. The van der Waals surface area contributed by atoms with Crippen molar-refractivity contribution < 1.29 is 21.6 Å². The zero-order valence-corrected chi connectivity index (χ0v) is 19.1. The average molecular weight is 479 g/mol. The number of sulfone groups is 1. The van der Waals surface area contributed by atoms with E-state index in [2.05, 4.69) is 0 Å². The summed E-state index contributed by atoms with van der Waals surface area (Å²) in [5.74, 6) is 0. The first-order valence-electron chi connectivity index (χ1n) is 10.6. The Kier molecular flexibility index (Phi) is 6.67. The summed E-state index contributed by atoms with van der Waals surface area (Å²) in [7, 11) is -5.33. The van der Waals surface area contributed by atoms with Crippen molar-refractivity contribution in [1.82, 2.24) is 0 Å². The molecule has 4 rings (SSSR count). The standard InChI is InChI=1S/C25H25F3O2S2/c26-25(27,28)23-18-21(16-17-24(23)32(29,30)22-14-8-3-9-15-22)31(19-10-4-1-5-11-19)20-12-6-2-7-13-20/h1-2,4-7,10-13,16-18,22,31H,3,8-9,14-15H2. The minimum absolute atomic E-state index is 0.419. The highest BCUT2D eigenvalue weighted by Gasteiger charge is 2.40. The molecule has 0 heterocycles. The van der Waals surface area contributed by atoms with Gasteiger partial charge >= 0.3 is 6.18 Å². The SMILES string of the molecule is O=S(=O)(c1ccc([SH](c2ccccc2)c2ccccc2)cc1C(F)(F)F)C1CCCCC1. The summed E-state index contributed by atoms with van der Waals surface area (Å²) in [4.78, 5) is 1.71. The average Bonchev–Trinajstić information content (AvgIpc) is 2.80. The van der Waals surface area contributed by atoms with E-state index in [0.717, 1.165) is 35.1 Å². The van der Waals surface area contributed by atoms with Crippen LogP contribution >= 0.6 is 10.9 Å². The highest BCUT2D eigenvalue weighted by Crippen LogP contribution is 2.52. The number of thiol groups is 1. The lowest BCUT2D eigenvalue weighted by Gasteiger charge is -2.27. The first-order valence-corrected chi connectivity index (χ1v) is 13.5. The number of hydrogen-bond acceptors (Lipinski definition) is 2. The minimum Gasteiger partial charge on any atom is -0.223 e. The van der Waals surface area contributed by atoms with Crippen LogP contribution in [-0.2, 0) is 16.0 Å². The van der Waals surface area contributed by atoms with Crippen molar-refractivity contribution in [3.63, 3.8) is 0 Å². The lowest BCUT2D eigenvalue weighted by atomic mass is 10.0. The van der Waals surface area contributed by atoms with Crippen LogP contribution in [0.5, 0.6) is 0 Å². The molecule has 0 radical (unpaired) electrons. The predicted octanol–water partition coefficient (Wildman–Crippen LogP) is 7.29. The fraction of sp³-hybridized carbons (Fsp3) is 0.280. The van der Waals surface area contributed by atoms with E-state index < -0.39 is 42.6 Å². The maximum absolute atomic E-state index is 14.1. The van der Waals surface area contributed by atoms with Crippen molar-refractivity contribution in [3.8, 4) is 0 Å². The third kappa shape index (κ3) is 4.74. The molecule has 1 saturated carbocycles. The molecule has 0 unspecified atom stereocenters. The van der Waals surface area contributed by atoms with Crippen molar-refractivity contribution >= 4 is 20.7 Å². The van der Waals surface area contributed by atoms with Gasteiger partial charge in [-0.2, -0.15) is 24.1 Å². The van der Waals surface area contributed by atoms with Crippen LogP contribution < -0.4 is 0 Å². The summed E-state index contributed by atoms with van der Waals surface area (Å²) in [6.07, 6.45) is -1.53. The van der Waals surface area contributed by atoms with E-state index in [9.17, 15) is 21.6 Å². The first kappa shape index (κ1) is 22.9. The van der Waals surface area contributed by atoms with Crippen LogP contribution in [0.4, 0.5) is 13.2 Å². The number of rotatable bonds is 5. The molecule has 0 aromatic heterocycles. The molecule has 0 N–H and O–H groups in total. The maximum atomic E-state index is 14.1. The van der Waals surface area contributed by atoms with Crippen LogP contribution in [0.15, 0.2) is 98.4 Å². The van der Waals surface area contributed by atoms with Gasteiger partial charge in [0.2, 0.25) is 0 Å². The molecule has 2 nitrogen and oxygen atoms in total. The monoisotopic (exact) mass is 478 g/mol. The Bertz CT molecular complexity index is 1120. The second kappa shape index (κ2) is 9.32. The van der Waals surface area contributed by atoms with Gasteiger partial charge in [-0.3, -0.25) is 0 Å². The van der Waals surface area contributed by atoms with Crippen LogP contribution in [0, 0.1) is 0 Å². The lowest BCUT2D eigenvalue weighted by Crippen LogP contribution is -2.26. The Morgan fingerprint density at radius 2 is 1.25 bits per heavy atom. The number of halogens is 3. The van der Waals surface area contributed by atoms with Crippen molar-refractivity contribution in [2.24, 2.45) is 0 Å². The summed E-state index contributed by atoms with van der Waals surface area (Å²) in [6, 6.07) is 22.6. The molecule has 3 aromatic carbocycles. The second-order valence-corrected chi connectivity index (χ2v) is 12.4. The summed E-state index contributed by atoms with van der Waals surface area (Å²) in [5.41, 5.74) is -1.06. The molecule has 1 aliphatic carbocycles. The Morgan fingerprint density at radius 1 is 0.719 bits per heavy atom. The Morgan fingerprint density at radius 3 is 1.75 bits per heavy atom. The van der Waals surface area contributed by atoms with Gasteiger partial charge in [0.25, 0.3) is 0 Å². The maximum Gasteiger partial charge on any atom is 0.417 e. The Hall–Kier alpha value is -2.25. The molecule has 3 aromatic rings. The fourth-order valence-electron chi connectivity index (χ4n) is 4.28. The summed E-state index contributed by atoms with van der Waals surface area (Å²) in [6.45, 7) is 0. The van der Waals surface area contributed by atoms with Crippen LogP contribution in [-0.4, -0.2) is 13.7 Å². The molecule has 0 bridgehead atoms. The van der Waals surface area contributed by atoms with Crippen molar-refractivity contribution in [2.45, 2.75) is 63.1 Å². The van der Waals surface area contributed by atoms with E-state index in [1.807, 2.05) is 60.7 Å². The van der Waals surface area contributed by atoms with Gasteiger partial charge in [-0.1, -0.05) is 55.7 Å². The molecule has 0 saturated heterocycles. The van der Waals surface area contributed by atoms with Gasteiger partial charge in [0.1, 0.15) is 0 Å². The van der Waals surface area contributed by atoms with Crippen molar-refractivity contribution in [3.05, 3.63) is 84.4 Å². The molecule has 0 atom stereocenters. The van der Waals surface area contributed by atoms with E-state index in [0.29, 0.717) is 17.7 Å². The van der Waals surface area contributed by atoms with Gasteiger partial charge < -0.3 is 0 Å². The Labute approximate surface area is 189 Å². The molecular weight excluding hydrogens is 453 g/mol. The van der Waals surface area contributed by atoms with Gasteiger partial charge in [-0.25, -0.2) is 8.42 Å². The normalized spacial score (nSPS) is 16.0. The van der Waals surface area contributed by atoms with Gasteiger partial charge in [0, 0.05) is 0 Å². The minimum atomic E-state index is -4.76. The molecule has 0 amide bonds. The largest absolute Gasteiger partial charge is 0.417 e. The molecule has 0 spiro atoms. The molecule has 0 aliphatic heterocycles. The third-order valence-corrected chi connectivity index (χ3v) is 10.6. The molecular formula is C25H25F3O2S2. The van der Waals surface area contributed by atoms with E-state index >= 15 is 0 Å². The lowest BCUT2D eigenvalue weighted by molar-refractivity contribution is -0.140. The van der Waals surface area contributed by atoms with E-state index in [1.54, 1.807) is 6.07 Å². The topological polar surface area (TPSA) is 34.1 Å². The van der Waals surface area contributed by atoms with E-state index in [-0.39, 0.29) is 0 Å². The van der Waals surface area contributed by atoms with Crippen molar-refractivity contribution in [2.75, 3.05) is 0 Å². The Balaban J connectivity index is 1.86. The summed E-state index contributed by atoms with van der Waals surface area (Å²) in [5, 5.41) is -0.743. The van der Waals surface area contributed by atoms with Gasteiger partial charge in [-0.15, -0.1) is 0 Å². The zero-order chi connectivity index (χ0) is 22.8. The summed E-state index contributed by atoms with van der Waals surface area (Å²) < 4.78 is 68.8. The zero-order valence-electron chi connectivity index (χ0n) is 17.4. The molecule has 32 heavy (non-hydrogen) atoms. The van der Waals surface area contributed by atoms with E-state index in [4.69, 9.17) is 0 Å². The smallest absolute Gasteiger partial charge is 0.223 e. The number of benzene rings is 3. The van der Waals surface area contributed by atoms with E-state index in [1.165, 1.54) is 6.07 Å². The molecule has 1 aliphatic rings. The fourth-order valence-corrected chi connectivity index (χ4v) is 8.65. The number of alkyl halides is 3. The van der Waals surface area contributed by atoms with Crippen LogP contribution in [0.25, 0.3) is 0 Å². The molecule has 170 valence electrons. The van der Waals surface area contributed by atoms with Gasteiger partial charge in [-0.05, 0) is 70.0 Å². The highest BCUT2D eigenvalue weighted by atomic mass is 32.2.